The van der Waals surface area contributed by atoms with Crippen molar-refractivity contribution in [2.45, 2.75) is 25.3 Å². The second-order valence-corrected chi connectivity index (χ2v) is 7.37. The summed E-state index contributed by atoms with van der Waals surface area (Å²) >= 11 is 0. The summed E-state index contributed by atoms with van der Waals surface area (Å²) in [7, 11) is 6.18. The molecule has 0 unspecified atom stereocenters. The van der Waals surface area contributed by atoms with E-state index < -0.39 is 0 Å². The van der Waals surface area contributed by atoms with Crippen LogP contribution in [0.1, 0.15) is 29.9 Å². The second-order valence-electron chi connectivity index (χ2n) is 7.37. The molecule has 4 nitrogen and oxygen atoms in total. The molecule has 1 heterocycles. The fraction of sp³-hybridized carbons (Fsp3) is 0.318. The van der Waals surface area contributed by atoms with Crippen LogP contribution in [0.2, 0.25) is 0 Å². The summed E-state index contributed by atoms with van der Waals surface area (Å²) in [5, 5.41) is 0. The van der Waals surface area contributed by atoms with Crippen molar-refractivity contribution in [1.82, 2.24) is 9.55 Å². The van der Waals surface area contributed by atoms with E-state index in [1.54, 1.807) is 0 Å². The van der Waals surface area contributed by atoms with Crippen molar-refractivity contribution in [3.8, 4) is 0 Å². The van der Waals surface area contributed by atoms with Gasteiger partial charge in [-0.05, 0) is 54.3 Å². The van der Waals surface area contributed by atoms with Crippen molar-refractivity contribution in [1.29, 1.82) is 0 Å². The Morgan fingerprint density at radius 1 is 1.15 bits per heavy atom. The van der Waals surface area contributed by atoms with Crippen LogP contribution in [-0.2, 0) is 6.54 Å². The topological polar surface area (TPSA) is 24.3 Å². The number of para-hydroxylation sites is 1. The predicted molar refractivity (Wildman–Crippen MR) is 110 cm³/mol. The van der Waals surface area contributed by atoms with Crippen molar-refractivity contribution in [2.24, 2.45) is 0 Å². The van der Waals surface area contributed by atoms with Gasteiger partial charge in [0.25, 0.3) is 0 Å². The number of hydrogen-bond donors (Lipinski definition) is 0. The van der Waals surface area contributed by atoms with E-state index in [-0.39, 0.29) is 0 Å². The molecule has 3 aromatic rings. The maximum atomic E-state index is 4.63. The highest BCUT2D eigenvalue weighted by molar-refractivity contribution is 5.80. The van der Waals surface area contributed by atoms with Gasteiger partial charge >= 0.3 is 0 Å². The monoisotopic (exact) mass is 346 g/mol. The first-order valence-corrected chi connectivity index (χ1v) is 9.18. The molecular weight excluding hydrogens is 320 g/mol. The van der Waals surface area contributed by atoms with Crippen LogP contribution in [0.25, 0.3) is 11.0 Å². The minimum absolute atomic E-state index is 0.715. The Bertz CT molecular complexity index is 950. The molecule has 0 atom stereocenters. The molecule has 1 fully saturated rings. The summed E-state index contributed by atoms with van der Waals surface area (Å²) < 4.78 is 2.30. The van der Waals surface area contributed by atoms with Gasteiger partial charge in [0.1, 0.15) is 0 Å². The first-order valence-electron chi connectivity index (χ1n) is 9.18. The van der Waals surface area contributed by atoms with E-state index in [1.807, 2.05) is 19.6 Å². The molecule has 2 aromatic carbocycles. The molecule has 1 aromatic heterocycles. The van der Waals surface area contributed by atoms with E-state index in [2.05, 4.69) is 76.4 Å². The molecule has 0 spiro atoms. The number of anilines is 2. The Morgan fingerprint density at radius 2 is 1.96 bits per heavy atom. The average Bonchev–Trinajstić information content (AvgIpc) is 3.42. The molecular formula is C22H26N4. The van der Waals surface area contributed by atoms with Crippen LogP contribution in [0.4, 0.5) is 11.4 Å². The number of fused-ring (bicyclic) bond motifs is 1. The van der Waals surface area contributed by atoms with Gasteiger partial charge in [0.2, 0.25) is 0 Å². The molecule has 4 heteroatoms. The van der Waals surface area contributed by atoms with E-state index in [1.165, 1.54) is 35.2 Å². The number of aromatic nitrogens is 2. The SMILES string of the molecule is C=CN(C)c1cc(Cn2cnc3cccc(C4CC4)c32)ccc1N(C)C. The Balaban J connectivity index is 1.74. The van der Waals surface area contributed by atoms with E-state index in [0.29, 0.717) is 5.92 Å². The van der Waals surface area contributed by atoms with Gasteiger partial charge in [-0.2, -0.15) is 0 Å². The van der Waals surface area contributed by atoms with Crippen LogP contribution in [0.3, 0.4) is 0 Å². The van der Waals surface area contributed by atoms with Gasteiger partial charge in [-0.1, -0.05) is 24.8 Å². The lowest BCUT2D eigenvalue weighted by Crippen LogP contribution is -2.16. The highest BCUT2D eigenvalue weighted by Crippen LogP contribution is 2.43. The second kappa shape index (κ2) is 6.52. The lowest BCUT2D eigenvalue weighted by Gasteiger charge is -2.24. The zero-order chi connectivity index (χ0) is 18.3. The third-order valence-corrected chi connectivity index (χ3v) is 5.21. The summed E-state index contributed by atoms with van der Waals surface area (Å²) in [5.41, 5.74) is 7.46. The molecule has 4 rings (SSSR count). The van der Waals surface area contributed by atoms with Gasteiger partial charge in [0.05, 0.1) is 28.7 Å². The summed E-state index contributed by atoms with van der Waals surface area (Å²) in [6.07, 6.45) is 6.43. The molecule has 26 heavy (non-hydrogen) atoms. The molecule has 1 aliphatic rings. The van der Waals surface area contributed by atoms with Gasteiger partial charge in [-0.15, -0.1) is 0 Å². The standard InChI is InChI=1S/C22H26N4/c1-5-25(4)21-13-16(9-12-20(21)24(2)3)14-26-15-23-19-8-6-7-18(22(19)26)17-10-11-17/h5-9,12-13,15,17H,1,10-11,14H2,2-4H3. The molecule has 1 aliphatic carbocycles. The predicted octanol–water partition coefficient (Wildman–Crippen LogP) is 4.61. The molecule has 0 radical (unpaired) electrons. The van der Waals surface area contributed by atoms with Crippen molar-refractivity contribution in [3.05, 3.63) is 66.6 Å². The highest BCUT2D eigenvalue weighted by Gasteiger charge is 2.26. The van der Waals surface area contributed by atoms with Crippen LogP contribution in [0.15, 0.2) is 55.5 Å². The first kappa shape index (κ1) is 16.7. The number of nitrogens with zero attached hydrogens (tertiary/aromatic N) is 4. The van der Waals surface area contributed by atoms with Crippen LogP contribution >= 0.6 is 0 Å². The minimum atomic E-state index is 0.715. The lowest BCUT2D eigenvalue weighted by molar-refractivity contribution is 0.818. The normalized spacial score (nSPS) is 13.8. The Kier molecular flexibility index (Phi) is 4.19. The van der Waals surface area contributed by atoms with Crippen LogP contribution in [-0.4, -0.2) is 30.7 Å². The third kappa shape index (κ3) is 2.96. The van der Waals surface area contributed by atoms with Crippen molar-refractivity contribution in [3.63, 3.8) is 0 Å². The fourth-order valence-electron chi connectivity index (χ4n) is 3.62. The average molecular weight is 346 g/mol. The molecule has 0 aliphatic heterocycles. The number of imidazole rings is 1. The quantitative estimate of drug-likeness (QED) is 0.651. The largest absolute Gasteiger partial charge is 0.376 e. The maximum Gasteiger partial charge on any atom is 0.0961 e. The summed E-state index contributed by atoms with van der Waals surface area (Å²) in [6.45, 7) is 4.74. The zero-order valence-electron chi connectivity index (χ0n) is 15.8. The summed E-state index contributed by atoms with van der Waals surface area (Å²) in [6, 6.07) is 13.2. The van der Waals surface area contributed by atoms with Crippen molar-refractivity contribution >= 4 is 22.4 Å². The summed E-state index contributed by atoms with van der Waals surface area (Å²) in [4.78, 5) is 8.84. The maximum absolute atomic E-state index is 4.63. The molecule has 0 bridgehead atoms. The molecule has 134 valence electrons. The minimum Gasteiger partial charge on any atom is -0.376 e. The Hall–Kier alpha value is -2.75. The first-order chi connectivity index (χ1) is 12.6. The van der Waals surface area contributed by atoms with Gasteiger partial charge in [0, 0.05) is 27.7 Å². The smallest absolute Gasteiger partial charge is 0.0961 e. The van der Waals surface area contributed by atoms with Crippen molar-refractivity contribution in [2.75, 3.05) is 30.9 Å². The Labute approximate surface area is 155 Å². The van der Waals surface area contributed by atoms with Crippen LogP contribution in [0.5, 0.6) is 0 Å². The fourth-order valence-corrected chi connectivity index (χ4v) is 3.62. The summed E-state index contributed by atoms with van der Waals surface area (Å²) in [5.74, 6) is 0.715. The molecule has 0 amide bonds. The third-order valence-electron chi connectivity index (χ3n) is 5.21. The van der Waals surface area contributed by atoms with Crippen LogP contribution in [0, 0.1) is 0 Å². The number of hydrogen-bond acceptors (Lipinski definition) is 3. The van der Waals surface area contributed by atoms with E-state index in [0.717, 1.165) is 17.7 Å². The molecule has 0 N–H and O–H groups in total. The Morgan fingerprint density at radius 3 is 2.65 bits per heavy atom. The molecule has 0 saturated heterocycles. The zero-order valence-corrected chi connectivity index (χ0v) is 15.8. The van der Waals surface area contributed by atoms with E-state index in [9.17, 15) is 0 Å². The lowest BCUT2D eigenvalue weighted by atomic mass is 10.1. The highest BCUT2D eigenvalue weighted by atomic mass is 15.1. The van der Waals surface area contributed by atoms with Crippen LogP contribution < -0.4 is 9.80 Å². The van der Waals surface area contributed by atoms with Gasteiger partial charge < -0.3 is 14.4 Å². The van der Waals surface area contributed by atoms with Gasteiger partial charge in [0.15, 0.2) is 0 Å². The molecule has 1 saturated carbocycles. The van der Waals surface area contributed by atoms with Gasteiger partial charge in [-0.3, -0.25) is 0 Å². The van der Waals surface area contributed by atoms with E-state index >= 15 is 0 Å². The number of benzene rings is 2. The van der Waals surface area contributed by atoms with E-state index in [4.69, 9.17) is 0 Å². The van der Waals surface area contributed by atoms with Gasteiger partial charge in [-0.25, -0.2) is 4.98 Å². The van der Waals surface area contributed by atoms with Crippen molar-refractivity contribution < 1.29 is 0 Å². The number of rotatable bonds is 6.